The van der Waals surface area contributed by atoms with Crippen LogP contribution in [-0.2, 0) is 4.79 Å². The molecule has 1 aromatic heterocycles. The Kier molecular flexibility index (Phi) is 5.88. The number of likely N-dealkylation sites (N-methyl/N-ethyl adjacent to an activating group) is 1. The van der Waals surface area contributed by atoms with Gasteiger partial charge < -0.3 is 20.3 Å². The number of carbonyl (C=O) groups is 1. The van der Waals surface area contributed by atoms with Crippen molar-refractivity contribution in [2.24, 2.45) is 0 Å². The van der Waals surface area contributed by atoms with Gasteiger partial charge in [-0.25, -0.2) is 4.98 Å². The Morgan fingerprint density at radius 2 is 1.79 bits per heavy atom. The second-order valence-electron chi connectivity index (χ2n) is 10.1. The second-order valence-corrected chi connectivity index (χ2v) is 10.5. The van der Waals surface area contributed by atoms with Gasteiger partial charge >= 0.3 is 12.0 Å². The lowest BCUT2D eigenvalue weighted by atomic mass is 9.77. The highest BCUT2D eigenvalue weighted by Gasteiger charge is 2.49. The smallest absolute Gasteiger partial charge is 0.423 e. The van der Waals surface area contributed by atoms with E-state index in [-0.39, 0.29) is 34.5 Å². The number of nitrogens with zero attached hydrogens (tertiary/aromatic N) is 4. The number of benzene rings is 1. The molecule has 0 spiro atoms. The van der Waals surface area contributed by atoms with Crippen molar-refractivity contribution >= 4 is 40.6 Å². The van der Waals surface area contributed by atoms with Crippen LogP contribution in [0.2, 0.25) is 5.02 Å². The first-order chi connectivity index (χ1) is 15.7. The van der Waals surface area contributed by atoms with Crippen LogP contribution < -0.4 is 20.3 Å². The molecule has 1 amide bonds. The highest BCUT2D eigenvalue weighted by Crippen LogP contribution is 2.41. The molecule has 0 saturated carbocycles. The van der Waals surface area contributed by atoms with Crippen LogP contribution in [0.4, 0.5) is 31.9 Å². The van der Waals surface area contributed by atoms with Crippen molar-refractivity contribution in [2.75, 3.05) is 29.6 Å². The zero-order chi connectivity index (χ0) is 25.1. The van der Waals surface area contributed by atoms with Gasteiger partial charge in [0.1, 0.15) is 5.02 Å². The van der Waals surface area contributed by atoms with Crippen molar-refractivity contribution < 1.29 is 18.3 Å². The number of alkyl halides is 2. The summed E-state index contributed by atoms with van der Waals surface area (Å²) in [4.78, 5) is 23.7. The number of halogens is 3. The molecule has 0 bridgehead atoms. The highest BCUT2D eigenvalue weighted by molar-refractivity contribution is 6.32. The molecule has 2 N–H and O–H groups in total. The van der Waals surface area contributed by atoms with Crippen molar-refractivity contribution in [3.05, 3.63) is 29.4 Å². The van der Waals surface area contributed by atoms with E-state index < -0.39 is 12.0 Å². The molecule has 0 unspecified atom stereocenters. The Bertz CT molecular complexity index is 1110. The van der Waals surface area contributed by atoms with Crippen molar-refractivity contribution in [2.45, 2.75) is 63.8 Å². The number of hydrogen-bond donors (Lipinski definition) is 2. The number of nitrogens with one attached hydrogen (secondary N) is 2. The van der Waals surface area contributed by atoms with Crippen molar-refractivity contribution in [1.29, 1.82) is 0 Å². The van der Waals surface area contributed by atoms with E-state index in [9.17, 15) is 13.6 Å². The minimum absolute atomic E-state index is 0.0141. The molecule has 0 aliphatic carbocycles. The summed E-state index contributed by atoms with van der Waals surface area (Å²) in [6, 6.07) is 4.67. The van der Waals surface area contributed by atoms with E-state index in [2.05, 4.69) is 65.0 Å². The number of carbonyl (C=O) groups excluding carboxylic acids is 1. The first-order valence-corrected chi connectivity index (χ1v) is 11.4. The number of amides is 1. The Morgan fingerprint density at radius 1 is 1.15 bits per heavy atom. The molecule has 8 nitrogen and oxygen atoms in total. The summed E-state index contributed by atoms with van der Waals surface area (Å²) in [5.41, 5.74) is 0.639. The molecule has 0 atom stereocenters. The minimum Gasteiger partial charge on any atom is -0.423 e. The summed E-state index contributed by atoms with van der Waals surface area (Å²) in [7, 11) is 3.41. The van der Waals surface area contributed by atoms with E-state index >= 15 is 0 Å². The van der Waals surface area contributed by atoms with Gasteiger partial charge in [-0.3, -0.25) is 9.69 Å². The van der Waals surface area contributed by atoms with Crippen LogP contribution in [0.15, 0.2) is 24.4 Å². The maximum atomic E-state index is 13.9. The van der Waals surface area contributed by atoms with Crippen LogP contribution in [0.5, 0.6) is 5.75 Å². The van der Waals surface area contributed by atoms with Crippen molar-refractivity contribution in [1.82, 2.24) is 14.9 Å². The molecule has 2 aliphatic heterocycles. The topological polar surface area (TPSA) is 82.6 Å². The lowest BCUT2D eigenvalue weighted by Gasteiger charge is -2.53. The molecule has 1 fully saturated rings. The molecule has 2 aliphatic rings. The number of ether oxygens (including phenoxy) is 1. The van der Waals surface area contributed by atoms with Gasteiger partial charge in [0.15, 0.2) is 11.6 Å². The standard InChI is InChI=1S/C23H29ClF2N6O2/c1-21(2)10-14(11-22(3,4)32(21)6)28-18-15(24)12-27-20(30-18)29-13-7-8-16-17(9-13)34-23(25,26)19(33)31(16)5/h7-9,12,14H,10-11H2,1-6H3,(H2,27,28,29,30). The highest BCUT2D eigenvalue weighted by atomic mass is 35.5. The Hall–Kier alpha value is -2.72. The van der Waals surface area contributed by atoms with Crippen LogP contribution in [0.1, 0.15) is 40.5 Å². The van der Waals surface area contributed by atoms with Gasteiger partial charge in [-0.2, -0.15) is 13.8 Å². The van der Waals surface area contributed by atoms with Gasteiger partial charge in [-0.15, -0.1) is 0 Å². The number of rotatable bonds is 4. The van der Waals surface area contributed by atoms with Gasteiger partial charge in [0, 0.05) is 35.9 Å². The summed E-state index contributed by atoms with van der Waals surface area (Å²) in [6.07, 6.45) is -0.638. The van der Waals surface area contributed by atoms with E-state index in [1.54, 1.807) is 6.07 Å². The van der Waals surface area contributed by atoms with Gasteiger partial charge in [-0.05, 0) is 59.7 Å². The number of hydrogen-bond acceptors (Lipinski definition) is 7. The van der Waals surface area contributed by atoms with Crippen LogP contribution in [0.3, 0.4) is 0 Å². The maximum absolute atomic E-state index is 13.9. The van der Waals surface area contributed by atoms with Crippen LogP contribution in [-0.4, -0.2) is 58.1 Å². The van der Waals surface area contributed by atoms with Crippen molar-refractivity contribution in [3.63, 3.8) is 0 Å². The van der Waals surface area contributed by atoms with E-state index in [4.69, 9.17) is 11.6 Å². The summed E-state index contributed by atoms with van der Waals surface area (Å²) in [5, 5.41) is 6.84. The molecule has 3 heterocycles. The van der Waals surface area contributed by atoms with Crippen LogP contribution in [0.25, 0.3) is 0 Å². The molecule has 34 heavy (non-hydrogen) atoms. The fourth-order valence-corrected chi connectivity index (χ4v) is 4.91. The number of anilines is 4. The average Bonchev–Trinajstić information content (AvgIpc) is 2.72. The predicted molar refractivity (Wildman–Crippen MR) is 128 cm³/mol. The van der Waals surface area contributed by atoms with E-state index in [1.807, 2.05) is 0 Å². The zero-order valence-electron chi connectivity index (χ0n) is 20.0. The Morgan fingerprint density at radius 3 is 2.44 bits per heavy atom. The van der Waals surface area contributed by atoms with Crippen molar-refractivity contribution in [3.8, 4) is 5.75 Å². The molecule has 2 aromatic rings. The SMILES string of the molecule is CN1C(=O)C(F)(F)Oc2cc(Nc3ncc(Cl)c(NC4CC(C)(C)N(C)C(C)(C)C4)n3)ccc21. The van der Waals surface area contributed by atoms with Gasteiger partial charge in [0.2, 0.25) is 5.95 Å². The molecule has 11 heteroatoms. The quantitative estimate of drug-likeness (QED) is 0.626. The summed E-state index contributed by atoms with van der Waals surface area (Å²) in [5.74, 6) is -0.811. The molecule has 184 valence electrons. The fourth-order valence-electron chi connectivity index (χ4n) is 4.76. The van der Waals surface area contributed by atoms with Gasteiger partial charge in [0.25, 0.3) is 0 Å². The Labute approximate surface area is 202 Å². The molecule has 0 radical (unpaired) electrons. The van der Waals surface area contributed by atoms with Crippen LogP contribution >= 0.6 is 11.6 Å². The predicted octanol–water partition coefficient (Wildman–Crippen LogP) is 4.88. The largest absolute Gasteiger partial charge is 0.482 e. The lowest BCUT2D eigenvalue weighted by Crippen LogP contribution is -2.61. The second kappa shape index (κ2) is 8.20. The monoisotopic (exact) mass is 494 g/mol. The average molecular weight is 495 g/mol. The van der Waals surface area contributed by atoms with Crippen LogP contribution in [0, 0.1) is 0 Å². The molecular weight excluding hydrogens is 466 g/mol. The van der Waals surface area contributed by atoms with E-state index in [0.29, 0.717) is 16.5 Å². The maximum Gasteiger partial charge on any atom is 0.482 e. The number of likely N-dealkylation sites (tertiary alicyclic amines) is 1. The fraction of sp³-hybridized carbons (Fsp3) is 0.522. The number of fused-ring (bicyclic) bond motifs is 1. The third-order valence-corrected chi connectivity index (χ3v) is 7.04. The summed E-state index contributed by atoms with van der Waals surface area (Å²) in [6.45, 7) is 8.85. The molecule has 4 rings (SSSR count). The normalized spacial score (nSPS) is 21.6. The van der Waals surface area contributed by atoms with Gasteiger partial charge in [0.05, 0.1) is 11.9 Å². The third kappa shape index (κ3) is 4.48. The van der Waals surface area contributed by atoms with Gasteiger partial charge in [-0.1, -0.05) is 11.6 Å². The van der Waals surface area contributed by atoms with E-state index in [1.165, 1.54) is 25.4 Å². The third-order valence-electron chi connectivity index (χ3n) is 6.76. The minimum atomic E-state index is -3.93. The Balaban J connectivity index is 1.54. The molecular formula is C23H29ClF2N6O2. The summed E-state index contributed by atoms with van der Waals surface area (Å²) >= 11 is 6.38. The summed E-state index contributed by atoms with van der Waals surface area (Å²) < 4.78 is 32.3. The first kappa shape index (κ1) is 24.4. The lowest BCUT2D eigenvalue weighted by molar-refractivity contribution is -0.192. The first-order valence-electron chi connectivity index (χ1n) is 11.0. The molecule has 1 aromatic carbocycles. The molecule has 1 saturated heterocycles. The number of piperidine rings is 1. The van der Waals surface area contributed by atoms with E-state index in [0.717, 1.165) is 17.7 Å². The zero-order valence-corrected chi connectivity index (χ0v) is 20.8. The number of aromatic nitrogens is 2.